The zero-order valence-electron chi connectivity index (χ0n) is 10.6. The Labute approximate surface area is 119 Å². The lowest BCUT2D eigenvalue weighted by atomic mass is 10.0. The van der Waals surface area contributed by atoms with Crippen molar-refractivity contribution in [3.8, 4) is 0 Å². The number of hydrogen-bond acceptors (Lipinski definition) is 0. The van der Waals surface area contributed by atoms with Gasteiger partial charge in [-0.1, -0.05) is 63.1 Å². The molecule has 0 aliphatic heterocycles. The van der Waals surface area contributed by atoms with Crippen LogP contribution < -0.4 is 0 Å². The van der Waals surface area contributed by atoms with Gasteiger partial charge in [0.15, 0.2) is 0 Å². The number of aryl methyl sites for hydroxylation is 1. The quantitative estimate of drug-likeness (QED) is 0.487. The highest BCUT2D eigenvalue weighted by Gasteiger charge is 1.99. The zero-order chi connectivity index (χ0) is 12.5. The standard InChI is InChI=1S/C15H22BrCl/c1-2-3-4-5-6-7-8-9-13-10-11-15(17)14(16)12-13/h10-12H,2-9H2,1H3. The maximum Gasteiger partial charge on any atom is 0.0548 e. The van der Waals surface area contributed by atoms with Gasteiger partial charge in [-0.2, -0.15) is 0 Å². The molecule has 0 bridgehead atoms. The molecule has 96 valence electrons. The lowest BCUT2D eigenvalue weighted by molar-refractivity contribution is 0.589. The third-order valence-corrected chi connectivity index (χ3v) is 4.27. The van der Waals surface area contributed by atoms with Crippen molar-refractivity contribution in [3.05, 3.63) is 33.3 Å². The van der Waals surface area contributed by atoms with E-state index in [9.17, 15) is 0 Å². The fourth-order valence-corrected chi connectivity index (χ4v) is 2.53. The van der Waals surface area contributed by atoms with Crippen LogP contribution in [0.1, 0.15) is 57.4 Å². The van der Waals surface area contributed by atoms with Crippen LogP contribution in [0.4, 0.5) is 0 Å². The van der Waals surface area contributed by atoms with Crippen LogP contribution in [0, 0.1) is 0 Å². The van der Waals surface area contributed by atoms with E-state index in [1.54, 1.807) is 0 Å². The number of hydrogen-bond donors (Lipinski definition) is 0. The molecule has 1 rings (SSSR count). The van der Waals surface area contributed by atoms with Crippen molar-refractivity contribution >= 4 is 27.5 Å². The van der Waals surface area contributed by atoms with Crippen molar-refractivity contribution in [3.63, 3.8) is 0 Å². The highest BCUT2D eigenvalue weighted by molar-refractivity contribution is 9.10. The maximum atomic E-state index is 5.97. The molecule has 0 amide bonds. The molecule has 0 aliphatic carbocycles. The van der Waals surface area contributed by atoms with Gasteiger partial charge in [0.2, 0.25) is 0 Å². The average Bonchev–Trinajstić information content (AvgIpc) is 2.32. The molecular weight excluding hydrogens is 296 g/mol. The van der Waals surface area contributed by atoms with E-state index >= 15 is 0 Å². The van der Waals surface area contributed by atoms with Crippen LogP contribution in [0.15, 0.2) is 22.7 Å². The number of halogens is 2. The first-order valence-electron chi connectivity index (χ1n) is 6.68. The molecule has 0 aromatic heterocycles. The minimum Gasteiger partial charge on any atom is -0.0831 e. The lowest BCUT2D eigenvalue weighted by Crippen LogP contribution is -1.87. The molecule has 0 N–H and O–H groups in total. The van der Waals surface area contributed by atoms with Crippen molar-refractivity contribution in [2.75, 3.05) is 0 Å². The molecule has 0 spiro atoms. The Morgan fingerprint density at radius 3 is 2.29 bits per heavy atom. The average molecular weight is 318 g/mol. The van der Waals surface area contributed by atoms with Crippen LogP contribution in [-0.2, 0) is 6.42 Å². The fourth-order valence-electron chi connectivity index (χ4n) is 1.98. The molecule has 0 atom stereocenters. The molecule has 0 aliphatic rings. The summed E-state index contributed by atoms with van der Waals surface area (Å²) in [7, 11) is 0. The lowest BCUT2D eigenvalue weighted by Gasteiger charge is -2.04. The van der Waals surface area contributed by atoms with Gasteiger partial charge in [0.05, 0.1) is 5.02 Å². The second-order valence-corrected chi connectivity index (χ2v) is 5.88. The predicted octanol–water partition coefficient (Wildman–Crippen LogP) is 6.40. The number of unbranched alkanes of at least 4 members (excludes halogenated alkanes) is 6. The number of rotatable bonds is 8. The molecule has 17 heavy (non-hydrogen) atoms. The van der Waals surface area contributed by atoms with Gasteiger partial charge < -0.3 is 0 Å². The molecule has 0 nitrogen and oxygen atoms in total. The highest BCUT2D eigenvalue weighted by Crippen LogP contribution is 2.24. The van der Waals surface area contributed by atoms with Crippen LogP contribution in [-0.4, -0.2) is 0 Å². The zero-order valence-corrected chi connectivity index (χ0v) is 13.0. The van der Waals surface area contributed by atoms with Crippen LogP contribution in [0.2, 0.25) is 5.02 Å². The first kappa shape index (κ1) is 15.0. The van der Waals surface area contributed by atoms with Crippen molar-refractivity contribution in [1.82, 2.24) is 0 Å². The van der Waals surface area contributed by atoms with Crippen molar-refractivity contribution in [2.45, 2.75) is 58.3 Å². The Balaban J connectivity index is 2.11. The molecule has 0 radical (unpaired) electrons. The second-order valence-electron chi connectivity index (χ2n) is 4.62. The maximum absolute atomic E-state index is 5.97. The van der Waals surface area contributed by atoms with Gasteiger partial charge in [0.1, 0.15) is 0 Å². The largest absolute Gasteiger partial charge is 0.0831 e. The van der Waals surface area contributed by atoms with E-state index in [4.69, 9.17) is 11.6 Å². The van der Waals surface area contributed by atoms with Gasteiger partial charge in [-0.15, -0.1) is 0 Å². The summed E-state index contributed by atoms with van der Waals surface area (Å²) < 4.78 is 1.01. The van der Waals surface area contributed by atoms with Crippen LogP contribution in [0.5, 0.6) is 0 Å². The van der Waals surface area contributed by atoms with Gasteiger partial charge in [0.25, 0.3) is 0 Å². The van der Waals surface area contributed by atoms with Gasteiger partial charge in [-0.25, -0.2) is 0 Å². The summed E-state index contributed by atoms with van der Waals surface area (Å²) in [6.45, 7) is 2.26. The Hall–Kier alpha value is -0.0100. The topological polar surface area (TPSA) is 0 Å². The van der Waals surface area contributed by atoms with Crippen molar-refractivity contribution in [1.29, 1.82) is 0 Å². The predicted molar refractivity (Wildman–Crippen MR) is 80.8 cm³/mol. The molecule has 0 saturated heterocycles. The molecule has 0 unspecified atom stereocenters. The Morgan fingerprint density at radius 1 is 1.00 bits per heavy atom. The first-order chi connectivity index (χ1) is 8.24. The van der Waals surface area contributed by atoms with Crippen molar-refractivity contribution in [2.24, 2.45) is 0 Å². The van der Waals surface area contributed by atoms with Crippen molar-refractivity contribution < 1.29 is 0 Å². The SMILES string of the molecule is CCCCCCCCCc1ccc(Cl)c(Br)c1. The minimum absolute atomic E-state index is 0.799. The molecule has 0 heterocycles. The normalized spacial score (nSPS) is 10.8. The van der Waals surface area contributed by atoms with Gasteiger partial charge in [-0.3, -0.25) is 0 Å². The third-order valence-electron chi connectivity index (χ3n) is 3.05. The molecule has 0 fully saturated rings. The van der Waals surface area contributed by atoms with E-state index in [0.717, 1.165) is 9.50 Å². The summed E-state index contributed by atoms with van der Waals surface area (Å²) in [6, 6.07) is 6.24. The molecule has 2 heteroatoms. The summed E-state index contributed by atoms with van der Waals surface area (Å²) in [4.78, 5) is 0. The number of benzene rings is 1. The van der Waals surface area contributed by atoms with E-state index in [2.05, 4.69) is 35.0 Å². The first-order valence-corrected chi connectivity index (χ1v) is 7.85. The van der Waals surface area contributed by atoms with E-state index in [-0.39, 0.29) is 0 Å². The van der Waals surface area contributed by atoms with Crippen LogP contribution in [0.25, 0.3) is 0 Å². The summed E-state index contributed by atoms with van der Waals surface area (Å²) >= 11 is 9.43. The summed E-state index contributed by atoms with van der Waals surface area (Å²) in [5.41, 5.74) is 1.38. The molecule has 0 saturated carbocycles. The Bertz CT molecular complexity index is 323. The summed E-state index contributed by atoms with van der Waals surface area (Å²) in [5.74, 6) is 0. The van der Waals surface area contributed by atoms with Gasteiger partial charge in [-0.05, 0) is 46.5 Å². The summed E-state index contributed by atoms with van der Waals surface area (Å²) in [5, 5.41) is 0.799. The molecule has 1 aromatic rings. The monoisotopic (exact) mass is 316 g/mol. The van der Waals surface area contributed by atoms with E-state index < -0.39 is 0 Å². The van der Waals surface area contributed by atoms with Gasteiger partial charge >= 0.3 is 0 Å². The molecule has 1 aromatic carbocycles. The van der Waals surface area contributed by atoms with Crippen LogP contribution in [0.3, 0.4) is 0 Å². The smallest absolute Gasteiger partial charge is 0.0548 e. The summed E-state index contributed by atoms with van der Waals surface area (Å²) in [6.07, 6.45) is 10.7. The molecular formula is C15H22BrCl. The van der Waals surface area contributed by atoms with Crippen LogP contribution >= 0.6 is 27.5 Å². The Kier molecular flexibility index (Phi) is 7.96. The van der Waals surface area contributed by atoms with E-state index in [1.165, 1.54) is 56.9 Å². The Morgan fingerprint density at radius 2 is 1.65 bits per heavy atom. The second kappa shape index (κ2) is 8.99. The minimum atomic E-state index is 0.799. The van der Waals surface area contributed by atoms with E-state index in [1.807, 2.05) is 6.07 Å². The van der Waals surface area contributed by atoms with Gasteiger partial charge in [0, 0.05) is 4.47 Å². The fraction of sp³-hybridized carbons (Fsp3) is 0.600. The van der Waals surface area contributed by atoms with E-state index in [0.29, 0.717) is 0 Å². The highest BCUT2D eigenvalue weighted by atomic mass is 79.9. The third kappa shape index (κ3) is 6.47.